The SMILES string of the molecule is CCN(C(=O)CN1CCN(c2ccc(C(F)(F)F)cn2)CC1)C1CCS(=O)(=O)C1. The molecule has 0 spiro atoms. The van der Waals surface area contributed by atoms with E-state index >= 15 is 0 Å². The number of pyridine rings is 1. The first-order valence-corrected chi connectivity index (χ1v) is 11.4. The first kappa shape index (κ1) is 21.8. The summed E-state index contributed by atoms with van der Waals surface area (Å²) in [7, 11) is -3.06. The van der Waals surface area contributed by atoms with Crippen molar-refractivity contribution < 1.29 is 26.4 Å². The maximum atomic E-state index is 12.7. The van der Waals surface area contributed by atoms with Crippen molar-refractivity contribution in [2.45, 2.75) is 25.6 Å². The maximum absolute atomic E-state index is 12.7. The van der Waals surface area contributed by atoms with Gasteiger partial charge in [0, 0.05) is 45.0 Å². The van der Waals surface area contributed by atoms with Crippen LogP contribution >= 0.6 is 0 Å². The summed E-state index contributed by atoms with van der Waals surface area (Å²) in [6.07, 6.45) is -3.09. The zero-order chi connectivity index (χ0) is 21.2. The van der Waals surface area contributed by atoms with Gasteiger partial charge >= 0.3 is 6.18 Å². The van der Waals surface area contributed by atoms with E-state index < -0.39 is 21.6 Å². The number of carbonyl (C=O) groups excluding carboxylic acids is 1. The molecule has 0 bridgehead atoms. The summed E-state index contributed by atoms with van der Waals surface area (Å²) in [5, 5.41) is 0. The second kappa shape index (κ2) is 8.47. The number of nitrogens with zero attached hydrogens (tertiary/aromatic N) is 4. The number of carbonyl (C=O) groups is 1. The van der Waals surface area contributed by atoms with Crippen molar-refractivity contribution in [3.05, 3.63) is 23.9 Å². The lowest BCUT2D eigenvalue weighted by Gasteiger charge is -2.36. The van der Waals surface area contributed by atoms with Crippen LogP contribution in [0.2, 0.25) is 0 Å². The molecule has 0 N–H and O–H groups in total. The van der Waals surface area contributed by atoms with Gasteiger partial charge in [0.15, 0.2) is 9.84 Å². The van der Waals surface area contributed by atoms with Gasteiger partial charge < -0.3 is 9.80 Å². The molecular weight excluding hydrogens is 409 g/mol. The minimum absolute atomic E-state index is 0.0277. The second-order valence-corrected chi connectivity index (χ2v) is 9.63. The van der Waals surface area contributed by atoms with Gasteiger partial charge in [-0.2, -0.15) is 13.2 Å². The van der Waals surface area contributed by atoms with Crippen LogP contribution in [-0.4, -0.2) is 85.9 Å². The highest BCUT2D eigenvalue weighted by Crippen LogP contribution is 2.29. The smallest absolute Gasteiger partial charge is 0.354 e. The first-order chi connectivity index (χ1) is 13.6. The van der Waals surface area contributed by atoms with E-state index in [0.717, 1.165) is 12.3 Å². The van der Waals surface area contributed by atoms with E-state index in [1.807, 2.05) is 16.7 Å². The van der Waals surface area contributed by atoms with Crippen molar-refractivity contribution in [2.24, 2.45) is 0 Å². The Bertz CT molecular complexity index is 822. The average Bonchev–Trinajstić information content (AvgIpc) is 3.02. The van der Waals surface area contributed by atoms with Gasteiger partial charge in [-0.25, -0.2) is 13.4 Å². The normalized spacial score (nSPS) is 22.6. The third-order valence-electron chi connectivity index (χ3n) is 5.44. The van der Waals surface area contributed by atoms with Crippen molar-refractivity contribution in [2.75, 3.05) is 55.7 Å². The fraction of sp³-hybridized carbons (Fsp3) is 0.667. The van der Waals surface area contributed by atoms with Crippen LogP contribution in [0.3, 0.4) is 0 Å². The molecule has 0 radical (unpaired) electrons. The Labute approximate surface area is 168 Å². The van der Waals surface area contributed by atoms with Crippen molar-refractivity contribution in [1.82, 2.24) is 14.8 Å². The first-order valence-electron chi connectivity index (χ1n) is 9.59. The van der Waals surface area contributed by atoms with Crippen LogP contribution in [0.5, 0.6) is 0 Å². The fourth-order valence-corrected chi connectivity index (χ4v) is 5.55. The minimum atomic E-state index is -4.41. The Morgan fingerprint density at radius 2 is 1.93 bits per heavy atom. The predicted octanol–water partition coefficient (Wildman–Crippen LogP) is 1.26. The van der Waals surface area contributed by atoms with Gasteiger partial charge in [-0.15, -0.1) is 0 Å². The van der Waals surface area contributed by atoms with Gasteiger partial charge in [0.2, 0.25) is 5.91 Å². The molecule has 1 atom stereocenters. The molecule has 3 rings (SSSR count). The zero-order valence-corrected chi connectivity index (χ0v) is 17.0. The summed E-state index contributed by atoms with van der Waals surface area (Å²) in [4.78, 5) is 22.1. The highest BCUT2D eigenvalue weighted by atomic mass is 32.2. The second-order valence-electron chi connectivity index (χ2n) is 7.40. The van der Waals surface area contributed by atoms with Gasteiger partial charge in [0.25, 0.3) is 0 Å². The number of hydrogen-bond donors (Lipinski definition) is 0. The van der Waals surface area contributed by atoms with E-state index in [0.29, 0.717) is 45.0 Å². The van der Waals surface area contributed by atoms with E-state index in [1.165, 1.54) is 6.07 Å². The Morgan fingerprint density at radius 3 is 2.41 bits per heavy atom. The molecular formula is C18H25F3N4O3S. The monoisotopic (exact) mass is 434 g/mol. The Balaban J connectivity index is 1.52. The summed E-state index contributed by atoms with van der Waals surface area (Å²) in [6, 6.07) is 2.13. The molecule has 11 heteroatoms. The molecule has 2 saturated heterocycles. The van der Waals surface area contributed by atoms with Crippen LogP contribution in [0.25, 0.3) is 0 Å². The van der Waals surface area contributed by atoms with Crippen LogP contribution in [0.1, 0.15) is 18.9 Å². The highest BCUT2D eigenvalue weighted by Gasteiger charge is 2.35. The van der Waals surface area contributed by atoms with E-state index in [9.17, 15) is 26.4 Å². The molecule has 162 valence electrons. The van der Waals surface area contributed by atoms with E-state index in [2.05, 4.69) is 4.98 Å². The van der Waals surface area contributed by atoms with Crippen LogP contribution in [-0.2, 0) is 20.8 Å². The third-order valence-corrected chi connectivity index (χ3v) is 7.19. The Hall–Kier alpha value is -1.88. The zero-order valence-electron chi connectivity index (χ0n) is 16.2. The van der Waals surface area contributed by atoms with Crippen molar-refractivity contribution >= 4 is 21.6 Å². The lowest BCUT2D eigenvalue weighted by Crippen LogP contribution is -2.52. The molecule has 1 aromatic rings. The predicted molar refractivity (Wildman–Crippen MR) is 102 cm³/mol. The molecule has 7 nitrogen and oxygen atoms in total. The van der Waals surface area contributed by atoms with E-state index in [-0.39, 0.29) is 30.0 Å². The standard InChI is InChI=1S/C18H25F3N4O3S/c1-2-25(15-5-10-29(27,28)13-15)17(26)12-23-6-8-24(9-7-23)16-4-3-14(11-22-16)18(19,20)21/h3-4,11,15H,2,5-10,12-13H2,1H3. The lowest BCUT2D eigenvalue weighted by molar-refractivity contribution is -0.138. The molecule has 0 aliphatic carbocycles. The third kappa shape index (κ3) is 5.39. The number of alkyl halides is 3. The molecule has 0 aromatic carbocycles. The fourth-order valence-electron chi connectivity index (χ4n) is 3.82. The number of halogens is 3. The quantitative estimate of drug-likeness (QED) is 0.695. The number of piperazine rings is 1. The van der Waals surface area contributed by atoms with Crippen molar-refractivity contribution in [1.29, 1.82) is 0 Å². The molecule has 1 aromatic heterocycles. The summed E-state index contributed by atoms with van der Waals surface area (Å²) in [5.41, 5.74) is -0.779. The molecule has 2 aliphatic heterocycles. The number of rotatable bonds is 5. The summed E-state index contributed by atoms with van der Waals surface area (Å²) >= 11 is 0. The topological polar surface area (TPSA) is 73.8 Å². The summed E-state index contributed by atoms with van der Waals surface area (Å²) in [5.74, 6) is 0.547. The van der Waals surface area contributed by atoms with Gasteiger partial charge in [0.05, 0.1) is 23.6 Å². The minimum Gasteiger partial charge on any atom is -0.354 e. The number of sulfone groups is 1. The molecule has 1 unspecified atom stereocenters. The average molecular weight is 434 g/mol. The number of anilines is 1. The molecule has 3 heterocycles. The van der Waals surface area contributed by atoms with Gasteiger partial charge in [-0.3, -0.25) is 9.69 Å². The molecule has 29 heavy (non-hydrogen) atoms. The van der Waals surface area contributed by atoms with Crippen LogP contribution in [0.4, 0.5) is 19.0 Å². The number of hydrogen-bond acceptors (Lipinski definition) is 6. The Morgan fingerprint density at radius 1 is 1.24 bits per heavy atom. The Kier molecular flexibility index (Phi) is 6.37. The van der Waals surface area contributed by atoms with Gasteiger partial charge in [-0.1, -0.05) is 0 Å². The van der Waals surface area contributed by atoms with Crippen molar-refractivity contribution in [3.8, 4) is 0 Å². The number of amides is 1. The van der Waals surface area contributed by atoms with Gasteiger partial charge in [-0.05, 0) is 25.5 Å². The van der Waals surface area contributed by atoms with Crippen LogP contribution in [0.15, 0.2) is 18.3 Å². The maximum Gasteiger partial charge on any atom is 0.417 e. The van der Waals surface area contributed by atoms with Crippen molar-refractivity contribution in [3.63, 3.8) is 0 Å². The van der Waals surface area contributed by atoms with Crippen LogP contribution < -0.4 is 4.90 Å². The molecule has 2 fully saturated rings. The number of likely N-dealkylation sites (N-methyl/N-ethyl adjacent to an activating group) is 1. The molecule has 1 amide bonds. The number of aromatic nitrogens is 1. The summed E-state index contributed by atoms with van der Waals surface area (Å²) in [6.45, 7) is 4.78. The van der Waals surface area contributed by atoms with Gasteiger partial charge in [0.1, 0.15) is 5.82 Å². The molecule has 2 aliphatic rings. The lowest BCUT2D eigenvalue weighted by atomic mass is 10.2. The molecule has 0 saturated carbocycles. The van der Waals surface area contributed by atoms with Crippen LogP contribution in [0, 0.1) is 0 Å². The highest BCUT2D eigenvalue weighted by molar-refractivity contribution is 7.91. The van der Waals surface area contributed by atoms with E-state index in [1.54, 1.807) is 4.90 Å². The largest absolute Gasteiger partial charge is 0.417 e. The van der Waals surface area contributed by atoms with E-state index in [4.69, 9.17) is 0 Å². The summed E-state index contributed by atoms with van der Waals surface area (Å²) < 4.78 is 61.4.